The Morgan fingerprint density at radius 3 is 2.48 bits per heavy atom. The Morgan fingerprint density at radius 1 is 1.20 bits per heavy atom. The number of rotatable bonds is 6. The summed E-state index contributed by atoms with van der Waals surface area (Å²) in [7, 11) is -2.79. The van der Waals surface area contributed by atoms with Crippen molar-refractivity contribution < 1.29 is 22.3 Å². The van der Waals surface area contributed by atoms with Gasteiger partial charge in [-0.1, -0.05) is 0 Å². The third-order valence-electron chi connectivity index (χ3n) is 3.59. The number of hydrogen-bond donors (Lipinski definition) is 1. The summed E-state index contributed by atoms with van der Waals surface area (Å²) in [5.74, 6) is -1.42. The lowest BCUT2D eigenvalue weighted by Crippen LogP contribution is -2.16. The van der Waals surface area contributed by atoms with Gasteiger partial charge in [0.15, 0.2) is 0 Å². The fourth-order valence-corrected chi connectivity index (χ4v) is 4.29. The molecule has 0 amide bonds. The highest BCUT2D eigenvalue weighted by atomic mass is 32.2. The van der Waals surface area contributed by atoms with E-state index in [2.05, 4.69) is 9.46 Å². The van der Waals surface area contributed by atoms with E-state index < -0.39 is 21.8 Å². The average Bonchev–Trinajstić information content (AvgIpc) is 3.38. The molecule has 1 aliphatic carbocycles. The van der Waals surface area contributed by atoms with E-state index in [0.717, 1.165) is 17.0 Å². The van der Waals surface area contributed by atoms with Gasteiger partial charge in [-0.15, -0.1) is 11.8 Å². The Morgan fingerprint density at radius 2 is 1.88 bits per heavy atom. The summed E-state index contributed by atoms with van der Waals surface area (Å²) in [5, 5.41) is 0.621. The zero-order valence-corrected chi connectivity index (χ0v) is 15.0. The Bertz CT molecular complexity index is 893. The molecule has 132 valence electrons. The van der Waals surface area contributed by atoms with Gasteiger partial charge in [-0.2, -0.15) is 0 Å². The lowest BCUT2D eigenvalue weighted by molar-refractivity contribution is 0.0602. The second-order valence-corrected chi connectivity index (χ2v) is 8.63. The normalized spacial score (nSPS) is 14.2. The first-order valence-corrected chi connectivity index (χ1v) is 9.93. The largest absolute Gasteiger partial charge is 0.465 e. The van der Waals surface area contributed by atoms with Gasteiger partial charge >= 0.3 is 5.97 Å². The predicted molar refractivity (Wildman–Crippen MR) is 93.9 cm³/mol. The summed E-state index contributed by atoms with van der Waals surface area (Å²) < 4.78 is 45.4. The Kier molecular flexibility index (Phi) is 5.01. The van der Waals surface area contributed by atoms with Crippen LogP contribution in [0.4, 0.5) is 10.1 Å². The van der Waals surface area contributed by atoms with Gasteiger partial charge in [-0.25, -0.2) is 17.6 Å². The topological polar surface area (TPSA) is 72.5 Å². The number of carbonyl (C=O) groups is 1. The summed E-state index contributed by atoms with van der Waals surface area (Å²) in [5.41, 5.74) is -0.225. The highest BCUT2D eigenvalue weighted by molar-refractivity contribution is 8.00. The minimum atomic E-state index is -3.96. The molecule has 0 bridgehead atoms. The van der Waals surface area contributed by atoms with Gasteiger partial charge in [0.25, 0.3) is 10.0 Å². The van der Waals surface area contributed by atoms with Crippen LogP contribution in [0.5, 0.6) is 0 Å². The number of methoxy groups -OCH3 is 1. The van der Waals surface area contributed by atoms with E-state index in [9.17, 15) is 17.6 Å². The summed E-state index contributed by atoms with van der Waals surface area (Å²) in [6, 6.07) is 9.65. The van der Waals surface area contributed by atoms with Crippen molar-refractivity contribution >= 4 is 33.4 Å². The van der Waals surface area contributed by atoms with Crippen molar-refractivity contribution in [3.05, 3.63) is 53.8 Å². The SMILES string of the molecule is COC(=O)c1ccc(F)cc1NS(=O)(=O)c1ccc(SC2CC2)cc1. The molecule has 0 heterocycles. The zero-order chi connectivity index (χ0) is 18.0. The van der Waals surface area contributed by atoms with Crippen LogP contribution in [0.3, 0.4) is 0 Å². The number of thioether (sulfide) groups is 1. The first-order chi connectivity index (χ1) is 11.9. The van der Waals surface area contributed by atoms with Gasteiger partial charge in [0.05, 0.1) is 23.3 Å². The van der Waals surface area contributed by atoms with E-state index in [1.54, 1.807) is 23.9 Å². The molecule has 0 atom stereocenters. The van der Waals surface area contributed by atoms with Crippen LogP contribution in [0.1, 0.15) is 23.2 Å². The van der Waals surface area contributed by atoms with E-state index in [-0.39, 0.29) is 16.1 Å². The maximum absolute atomic E-state index is 13.5. The van der Waals surface area contributed by atoms with Crippen molar-refractivity contribution in [1.29, 1.82) is 0 Å². The fourth-order valence-electron chi connectivity index (χ4n) is 2.17. The van der Waals surface area contributed by atoms with E-state index >= 15 is 0 Å². The summed E-state index contributed by atoms with van der Waals surface area (Å²) in [6.45, 7) is 0. The van der Waals surface area contributed by atoms with Gasteiger partial charge in [-0.05, 0) is 55.3 Å². The lowest BCUT2D eigenvalue weighted by atomic mass is 10.2. The van der Waals surface area contributed by atoms with E-state index in [1.165, 1.54) is 38.2 Å². The number of esters is 1. The number of anilines is 1. The smallest absolute Gasteiger partial charge is 0.339 e. The first kappa shape index (κ1) is 17.8. The first-order valence-electron chi connectivity index (χ1n) is 7.56. The predicted octanol–water partition coefficient (Wildman–Crippen LogP) is 3.67. The van der Waals surface area contributed by atoms with Crippen LogP contribution in [-0.2, 0) is 14.8 Å². The van der Waals surface area contributed by atoms with Crippen LogP contribution in [0.2, 0.25) is 0 Å². The standard InChI is InChI=1S/C17H16FNO4S2/c1-23-17(20)15-9-2-11(18)10-16(15)19-25(21,22)14-7-5-13(6-8-14)24-12-3-4-12/h2,5-10,12,19H,3-4H2,1H3. The van der Waals surface area contributed by atoms with Crippen LogP contribution in [0.25, 0.3) is 0 Å². The Hall–Kier alpha value is -2.06. The van der Waals surface area contributed by atoms with Gasteiger partial charge in [0, 0.05) is 10.1 Å². The fraction of sp³-hybridized carbons (Fsp3) is 0.235. The van der Waals surface area contributed by atoms with E-state index in [1.807, 2.05) is 0 Å². The quantitative estimate of drug-likeness (QED) is 0.773. The van der Waals surface area contributed by atoms with Crippen molar-refractivity contribution in [3.63, 3.8) is 0 Å². The molecule has 0 saturated heterocycles. The van der Waals surface area contributed by atoms with Gasteiger partial charge in [-0.3, -0.25) is 4.72 Å². The second-order valence-electron chi connectivity index (χ2n) is 5.58. The molecule has 1 saturated carbocycles. The van der Waals surface area contributed by atoms with Crippen molar-refractivity contribution in [2.75, 3.05) is 11.8 Å². The van der Waals surface area contributed by atoms with Crippen molar-refractivity contribution in [3.8, 4) is 0 Å². The van der Waals surface area contributed by atoms with Crippen LogP contribution in [-0.4, -0.2) is 26.7 Å². The molecule has 25 heavy (non-hydrogen) atoms. The van der Waals surface area contributed by atoms with E-state index in [4.69, 9.17) is 0 Å². The van der Waals surface area contributed by atoms with Crippen LogP contribution < -0.4 is 4.72 Å². The van der Waals surface area contributed by atoms with Gasteiger partial charge in [0.2, 0.25) is 0 Å². The molecule has 0 radical (unpaired) electrons. The minimum Gasteiger partial charge on any atom is -0.465 e. The molecule has 0 aromatic heterocycles. The molecule has 0 spiro atoms. The molecule has 5 nitrogen and oxygen atoms in total. The Balaban J connectivity index is 1.85. The molecule has 1 fully saturated rings. The third kappa shape index (κ3) is 4.32. The molecule has 1 aliphatic rings. The summed E-state index contributed by atoms with van der Waals surface area (Å²) >= 11 is 1.72. The molecule has 0 aliphatic heterocycles. The molecule has 0 unspecified atom stereocenters. The number of benzene rings is 2. The lowest BCUT2D eigenvalue weighted by Gasteiger charge is -2.12. The molecular formula is C17H16FNO4S2. The molecule has 3 rings (SSSR count). The van der Waals surface area contributed by atoms with E-state index in [0.29, 0.717) is 5.25 Å². The number of carbonyl (C=O) groups excluding carboxylic acids is 1. The second kappa shape index (κ2) is 7.05. The molecular weight excluding hydrogens is 365 g/mol. The molecule has 1 N–H and O–H groups in total. The van der Waals surface area contributed by atoms with Gasteiger partial charge < -0.3 is 4.74 Å². The minimum absolute atomic E-state index is 0.0349. The van der Waals surface area contributed by atoms with Crippen molar-refractivity contribution in [2.24, 2.45) is 0 Å². The van der Waals surface area contributed by atoms with Crippen LogP contribution in [0, 0.1) is 5.82 Å². The number of sulfonamides is 1. The van der Waals surface area contributed by atoms with Gasteiger partial charge in [0.1, 0.15) is 5.82 Å². The average molecular weight is 381 g/mol. The number of hydrogen-bond acceptors (Lipinski definition) is 5. The zero-order valence-electron chi connectivity index (χ0n) is 13.4. The number of halogens is 1. The van der Waals surface area contributed by atoms with Crippen LogP contribution >= 0.6 is 11.8 Å². The molecule has 8 heteroatoms. The number of nitrogens with one attached hydrogen (secondary N) is 1. The van der Waals surface area contributed by atoms with Crippen molar-refractivity contribution in [1.82, 2.24) is 0 Å². The third-order valence-corrected chi connectivity index (χ3v) is 6.32. The highest BCUT2D eigenvalue weighted by Gasteiger charge is 2.23. The van der Waals surface area contributed by atoms with Crippen LogP contribution in [0.15, 0.2) is 52.3 Å². The summed E-state index contributed by atoms with van der Waals surface area (Å²) in [6.07, 6.45) is 2.37. The monoisotopic (exact) mass is 381 g/mol. The molecule has 2 aromatic carbocycles. The summed E-state index contributed by atoms with van der Waals surface area (Å²) in [4.78, 5) is 12.8. The highest BCUT2D eigenvalue weighted by Crippen LogP contribution is 2.39. The number of ether oxygens (including phenoxy) is 1. The van der Waals surface area contributed by atoms with Crippen molar-refractivity contribution in [2.45, 2.75) is 27.9 Å². The maximum Gasteiger partial charge on any atom is 0.339 e. The Labute approximate surface area is 149 Å². The maximum atomic E-state index is 13.5. The molecule has 2 aromatic rings.